The van der Waals surface area contributed by atoms with Crippen molar-refractivity contribution in [3.05, 3.63) is 53.6 Å². The summed E-state index contributed by atoms with van der Waals surface area (Å²) in [5, 5.41) is 11.4. The monoisotopic (exact) mass is 422 g/mol. The summed E-state index contributed by atoms with van der Waals surface area (Å²) in [6.07, 6.45) is 0.239. The minimum Gasteiger partial charge on any atom is -0.411 e. The molecule has 1 aromatic heterocycles. The molecule has 1 unspecified atom stereocenters. The molecule has 0 bridgehead atoms. The lowest BCUT2D eigenvalue weighted by Gasteiger charge is -2.27. The summed E-state index contributed by atoms with van der Waals surface area (Å²) in [4.78, 5) is 26.8. The van der Waals surface area contributed by atoms with Crippen molar-refractivity contribution in [2.24, 2.45) is 0 Å². The van der Waals surface area contributed by atoms with Crippen LogP contribution in [0.15, 0.2) is 52.1 Å². The van der Waals surface area contributed by atoms with Gasteiger partial charge in [-0.25, -0.2) is 0 Å². The van der Waals surface area contributed by atoms with Crippen molar-refractivity contribution in [2.75, 3.05) is 16.0 Å². The van der Waals surface area contributed by atoms with Gasteiger partial charge >= 0.3 is 0 Å². The Morgan fingerprint density at radius 2 is 1.93 bits per heavy atom. The van der Waals surface area contributed by atoms with Gasteiger partial charge < -0.3 is 14.6 Å². The first-order valence-corrected chi connectivity index (χ1v) is 10.6. The maximum absolute atomic E-state index is 13.0. The zero-order valence-corrected chi connectivity index (χ0v) is 17.8. The Bertz CT molecular complexity index is 1090. The Balaban J connectivity index is 1.50. The van der Waals surface area contributed by atoms with Crippen LogP contribution in [-0.2, 0) is 9.59 Å². The predicted octanol–water partition coefficient (Wildman–Crippen LogP) is 4.21. The standard InChI is InChI=1S/C22H22N4O3S/c1-13-8-14(2)10-16(9-13)21-24-25-22(29-21)30-12-20(28)26-15(3)11-19(27)23-17-6-4-5-7-18(17)26/h4-10,15H,11-12H2,1-3H3,(H,23,27). The molecular weight excluding hydrogens is 400 g/mol. The molecule has 0 saturated carbocycles. The van der Waals surface area contributed by atoms with Crippen LogP contribution in [0.3, 0.4) is 0 Å². The molecule has 0 saturated heterocycles. The molecule has 8 heteroatoms. The number of anilines is 2. The van der Waals surface area contributed by atoms with Gasteiger partial charge in [0.2, 0.25) is 17.7 Å². The summed E-state index contributed by atoms with van der Waals surface area (Å²) in [6.45, 7) is 5.90. The highest BCUT2D eigenvalue weighted by molar-refractivity contribution is 7.99. The van der Waals surface area contributed by atoms with Crippen molar-refractivity contribution in [3.63, 3.8) is 0 Å². The smallest absolute Gasteiger partial charge is 0.277 e. The third-order valence-electron chi connectivity index (χ3n) is 4.82. The molecular formula is C22H22N4O3S. The molecule has 3 aromatic rings. The third-order valence-corrected chi connectivity index (χ3v) is 5.63. The summed E-state index contributed by atoms with van der Waals surface area (Å²) in [7, 11) is 0. The normalized spacial score (nSPS) is 16.0. The Hall–Kier alpha value is -3.13. The Morgan fingerprint density at radius 1 is 1.20 bits per heavy atom. The number of benzene rings is 2. The van der Waals surface area contributed by atoms with Crippen molar-refractivity contribution in [2.45, 2.75) is 38.5 Å². The first kappa shape index (κ1) is 20.2. The number of aromatic nitrogens is 2. The van der Waals surface area contributed by atoms with E-state index >= 15 is 0 Å². The molecule has 0 aliphatic carbocycles. The van der Waals surface area contributed by atoms with E-state index < -0.39 is 0 Å². The SMILES string of the molecule is Cc1cc(C)cc(-c2nnc(SCC(=O)N3c4ccccc4NC(=O)CC3C)o2)c1. The van der Waals surface area contributed by atoms with Gasteiger partial charge in [-0.15, -0.1) is 10.2 Å². The van der Waals surface area contributed by atoms with Crippen molar-refractivity contribution in [1.82, 2.24) is 10.2 Å². The van der Waals surface area contributed by atoms with Crippen LogP contribution in [0.1, 0.15) is 24.5 Å². The Morgan fingerprint density at radius 3 is 2.70 bits per heavy atom. The molecule has 2 aromatic carbocycles. The fraction of sp³-hybridized carbons (Fsp3) is 0.273. The molecule has 0 fully saturated rings. The van der Waals surface area contributed by atoms with Crippen LogP contribution < -0.4 is 10.2 Å². The van der Waals surface area contributed by atoms with Gasteiger partial charge in [-0.3, -0.25) is 9.59 Å². The van der Waals surface area contributed by atoms with Gasteiger partial charge in [0.15, 0.2) is 0 Å². The van der Waals surface area contributed by atoms with Gasteiger partial charge in [0.1, 0.15) is 0 Å². The largest absolute Gasteiger partial charge is 0.411 e. The van der Waals surface area contributed by atoms with Gasteiger partial charge in [-0.2, -0.15) is 0 Å². The van der Waals surface area contributed by atoms with E-state index in [4.69, 9.17) is 4.42 Å². The number of nitrogens with one attached hydrogen (secondary N) is 1. The summed E-state index contributed by atoms with van der Waals surface area (Å²) in [5.41, 5.74) is 4.43. The molecule has 7 nitrogen and oxygen atoms in total. The fourth-order valence-electron chi connectivity index (χ4n) is 3.64. The zero-order chi connectivity index (χ0) is 21.3. The molecule has 1 aliphatic heterocycles. The number of amides is 2. The quantitative estimate of drug-likeness (QED) is 0.634. The number of para-hydroxylation sites is 2. The molecule has 0 radical (unpaired) electrons. The molecule has 154 valence electrons. The van der Waals surface area contributed by atoms with Crippen molar-refractivity contribution < 1.29 is 14.0 Å². The number of fused-ring (bicyclic) bond motifs is 1. The zero-order valence-electron chi connectivity index (χ0n) is 17.0. The van der Waals surface area contributed by atoms with Crippen molar-refractivity contribution in [1.29, 1.82) is 0 Å². The van der Waals surface area contributed by atoms with Crippen molar-refractivity contribution >= 4 is 35.0 Å². The van der Waals surface area contributed by atoms with E-state index in [0.717, 1.165) is 16.7 Å². The number of carbonyl (C=O) groups excluding carboxylic acids is 2. The Kier molecular flexibility index (Phi) is 5.59. The second-order valence-electron chi connectivity index (χ2n) is 7.42. The molecule has 30 heavy (non-hydrogen) atoms. The Labute approximate surface area is 178 Å². The van der Waals surface area contributed by atoms with E-state index in [-0.39, 0.29) is 30.0 Å². The lowest BCUT2D eigenvalue weighted by atomic mass is 10.1. The fourth-order valence-corrected chi connectivity index (χ4v) is 4.27. The lowest BCUT2D eigenvalue weighted by molar-refractivity contribution is -0.117. The van der Waals surface area contributed by atoms with E-state index in [1.54, 1.807) is 11.0 Å². The van der Waals surface area contributed by atoms with E-state index in [9.17, 15) is 9.59 Å². The lowest BCUT2D eigenvalue weighted by Crippen LogP contribution is -2.40. The summed E-state index contributed by atoms with van der Waals surface area (Å²) >= 11 is 1.19. The van der Waals surface area contributed by atoms with Crippen LogP contribution in [0, 0.1) is 13.8 Å². The minimum atomic E-state index is -0.254. The summed E-state index contributed by atoms with van der Waals surface area (Å²) < 4.78 is 5.76. The van der Waals surface area contributed by atoms with E-state index in [0.29, 0.717) is 22.5 Å². The van der Waals surface area contributed by atoms with Gasteiger partial charge in [0, 0.05) is 18.0 Å². The molecule has 1 atom stereocenters. The molecule has 4 rings (SSSR count). The van der Waals surface area contributed by atoms with Gasteiger partial charge in [-0.1, -0.05) is 41.1 Å². The topological polar surface area (TPSA) is 88.3 Å². The highest BCUT2D eigenvalue weighted by Gasteiger charge is 2.29. The van der Waals surface area contributed by atoms with E-state index in [2.05, 4.69) is 21.6 Å². The first-order valence-electron chi connectivity index (χ1n) is 9.66. The number of hydrogen-bond donors (Lipinski definition) is 1. The number of hydrogen-bond acceptors (Lipinski definition) is 6. The second kappa shape index (κ2) is 8.31. The highest BCUT2D eigenvalue weighted by Crippen LogP contribution is 2.32. The van der Waals surface area contributed by atoms with Crippen molar-refractivity contribution in [3.8, 4) is 11.5 Å². The predicted molar refractivity (Wildman–Crippen MR) is 117 cm³/mol. The van der Waals surface area contributed by atoms with Gasteiger partial charge in [0.05, 0.1) is 17.1 Å². The maximum atomic E-state index is 13.0. The summed E-state index contributed by atoms with van der Waals surface area (Å²) in [5.74, 6) is 0.331. The van der Waals surface area contributed by atoms with Crippen LogP contribution in [0.25, 0.3) is 11.5 Å². The number of carbonyl (C=O) groups is 2. The minimum absolute atomic E-state index is 0.104. The number of nitrogens with zero attached hydrogens (tertiary/aromatic N) is 3. The third kappa shape index (κ3) is 4.23. The average molecular weight is 423 g/mol. The summed E-state index contributed by atoms with van der Waals surface area (Å²) in [6, 6.07) is 13.1. The molecule has 0 spiro atoms. The first-order chi connectivity index (χ1) is 14.4. The molecule has 2 heterocycles. The molecule has 1 N–H and O–H groups in total. The van der Waals surface area contributed by atoms with Crippen LogP contribution >= 0.6 is 11.8 Å². The van der Waals surface area contributed by atoms with Crippen LogP contribution in [0.2, 0.25) is 0 Å². The van der Waals surface area contributed by atoms with E-state index in [1.807, 2.05) is 51.1 Å². The molecule has 2 amide bonds. The number of aryl methyl sites for hydroxylation is 2. The van der Waals surface area contributed by atoms with Crippen LogP contribution in [-0.4, -0.2) is 33.8 Å². The van der Waals surface area contributed by atoms with Crippen LogP contribution in [0.4, 0.5) is 11.4 Å². The number of thioether (sulfide) groups is 1. The highest BCUT2D eigenvalue weighted by atomic mass is 32.2. The maximum Gasteiger partial charge on any atom is 0.277 e. The van der Waals surface area contributed by atoms with Gasteiger partial charge in [0.25, 0.3) is 5.22 Å². The number of rotatable bonds is 4. The van der Waals surface area contributed by atoms with Gasteiger partial charge in [-0.05, 0) is 45.0 Å². The second-order valence-corrected chi connectivity index (χ2v) is 8.35. The average Bonchev–Trinajstić information content (AvgIpc) is 3.11. The van der Waals surface area contributed by atoms with E-state index in [1.165, 1.54) is 11.8 Å². The molecule has 1 aliphatic rings. The van der Waals surface area contributed by atoms with Crippen LogP contribution in [0.5, 0.6) is 0 Å².